The number of halogens is 3. The van der Waals surface area contributed by atoms with Gasteiger partial charge in [-0.15, -0.1) is 0 Å². The summed E-state index contributed by atoms with van der Waals surface area (Å²) in [7, 11) is 1.76. The second-order valence-electron chi connectivity index (χ2n) is 4.94. The van der Waals surface area contributed by atoms with E-state index in [4.69, 9.17) is 0 Å². The average molecular weight is 290 g/mol. The Bertz CT molecular complexity index is 464. The number of hydrogen-bond acceptors (Lipinski definition) is 3. The Balaban J connectivity index is 1.79. The van der Waals surface area contributed by atoms with Crippen molar-refractivity contribution in [1.29, 1.82) is 0 Å². The van der Waals surface area contributed by atoms with Crippen LogP contribution in [0.5, 0.6) is 0 Å². The van der Waals surface area contributed by atoms with Gasteiger partial charge in [-0.1, -0.05) is 0 Å². The van der Waals surface area contributed by atoms with Crippen LogP contribution in [0.2, 0.25) is 0 Å². The number of aromatic nitrogens is 2. The van der Waals surface area contributed by atoms with E-state index in [-0.39, 0.29) is 25.3 Å². The van der Waals surface area contributed by atoms with Gasteiger partial charge in [0.2, 0.25) is 5.91 Å². The van der Waals surface area contributed by atoms with Crippen LogP contribution in [0.25, 0.3) is 0 Å². The second kappa shape index (κ2) is 5.82. The number of rotatable bonds is 3. The summed E-state index contributed by atoms with van der Waals surface area (Å²) in [6.07, 6.45) is -2.39. The standard InChI is InChI=1S/C12H17F3N4O/c1-19-9(4-5-18-19)7-17-11(20)10-3-2-8(6-16-10)12(13,14)15/h4-5,8,10,16H,2-3,6-7H2,1H3,(H,17,20). The van der Waals surface area contributed by atoms with Gasteiger partial charge in [0, 0.05) is 19.8 Å². The molecule has 1 aromatic rings. The molecule has 20 heavy (non-hydrogen) atoms. The number of amides is 1. The molecule has 1 saturated heterocycles. The number of nitrogens with one attached hydrogen (secondary N) is 2. The van der Waals surface area contributed by atoms with Crippen LogP contribution in [0.15, 0.2) is 12.3 Å². The summed E-state index contributed by atoms with van der Waals surface area (Å²) in [5.74, 6) is -1.63. The van der Waals surface area contributed by atoms with Crippen LogP contribution >= 0.6 is 0 Å². The zero-order valence-electron chi connectivity index (χ0n) is 11.1. The molecule has 1 amide bonds. The van der Waals surface area contributed by atoms with Gasteiger partial charge in [0.15, 0.2) is 0 Å². The molecule has 0 aromatic carbocycles. The lowest BCUT2D eigenvalue weighted by molar-refractivity contribution is -0.180. The minimum atomic E-state index is -4.19. The zero-order chi connectivity index (χ0) is 14.8. The van der Waals surface area contributed by atoms with E-state index in [0.717, 1.165) is 5.69 Å². The number of carbonyl (C=O) groups is 1. The van der Waals surface area contributed by atoms with E-state index in [2.05, 4.69) is 15.7 Å². The van der Waals surface area contributed by atoms with Gasteiger partial charge in [-0.3, -0.25) is 9.48 Å². The molecule has 112 valence electrons. The molecule has 2 atom stereocenters. The molecule has 1 aliphatic heterocycles. The highest BCUT2D eigenvalue weighted by Crippen LogP contribution is 2.31. The quantitative estimate of drug-likeness (QED) is 0.872. The average Bonchev–Trinajstić information content (AvgIpc) is 2.81. The summed E-state index contributed by atoms with van der Waals surface area (Å²) >= 11 is 0. The van der Waals surface area contributed by atoms with Crippen molar-refractivity contribution in [3.63, 3.8) is 0 Å². The van der Waals surface area contributed by atoms with Crippen LogP contribution in [-0.2, 0) is 18.4 Å². The first-order valence-electron chi connectivity index (χ1n) is 6.42. The molecule has 1 fully saturated rings. The van der Waals surface area contributed by atoms with Crippen molar-refractivity contribution in [3.8, 4) is 0 Å². The highest BCUT2D eigenvalue weighted by Gasteiger charge is 2.42. The van der Waals surface area contributed by atoms with E-state index in [0.29, 0.717) is 6.54 Å². The Morgan fingerprint density at radius 2 is 2.30 bits per heavy atom. The fraction of sp³-hybridized carbons (Fsp3) is 0.667. The molecule has 5 nitrogen and oxygen atoms in total. The van der Waals surface area contributed by atoms with Crippen molar-refractivity contribution in [2.45, 2.75) is 31.6 Å². The van der Waals surface area contributed by atoms with Gasteiger partial charge < -0.3 is 10.6 Å². The Morgan fingerprint density at radius 1 is 1.55 bits per heavy atom. The van der Waals surface area contributed by atoms with Gasteiger partial charge in [0.1, 0.15) is 0 Å². The predicted octanol–water partition coefficient (Wildman–Crippen LogP) is 0.967. The smallest absolute Gasteiger partial charge is 0.349 e. The summed E-state index contributed by atoms with van der Waals surface area (Å²) in [6, 6.07) is 1.22. The van der Waals surface area contributed by atoms with E-state index in [9.17, 15) is 18.0 Å². The molecule has 8 heteroatoms. The fourth-order valence-electron chi connectivity index (χ4n) is 2.24. The lowest BCUT2D eigenvalue weighted by Gasteiger charge is -2.30. The molecule has 1 aliphatic rings. The maximum atomic E-state index is 12.5. The highest BCUT2D eigenvalue weighted by molar-refractivity contribution is 5.81. The Labute approximate surface area is 114 Å². The van der Waals surface area contributed by atoms with Gasteiger partial charge in [0.25, 0.3) is 0 Å². The van der Waals surface area contributed by atoms with Gasteiger partial charge >= 0.3 is 6.18 Å². The van der Waals surface area contributed by atoms with Crippen LogP contribution in [0.3, 0.4) is 0 Å². The van der Waals surface area contributed by atoms with Gasteiger partial charge in [0.05, 0.1) is 24.2 Å². The molecule has 0 bridgehead atoms. The molecule has 1 aromatic heterocycles. The van der Waals surface area contributed by atoms with Crippen LogP contribution in [-0.4, -0.2) is 34.5 Å². The Morgan fingerprint density at radius 3 is 2.80 bits per heavy atom. The first-order chi connectivity index (χ1) is 9.38. The summed E-state index contributed by atoms with van der Waals surface area (Å²) in [6.45, 7) is 0.115. The van der Waals surface area contributed by atoms with Crippen LogP contribution in [0.4, 0.5) is 13.2 Å². The topological polar surface area (TPSA) is 59.0 Å². The van der Waals surface area contributed by atoms with Crippen molar-refractivity contribution in [2.75, 3.05) is 6.54 Å². The summed E-state index contributed by atoms with van der Waals surface area (Å²) in [4.78, 5) is 11.9. The van der Waals surface area contributed by atoms with Gasteiger partial charge in [-0.2, -0.15) is 18.3 Å². The number of alkyl halides is 3. The van der Waals surface area contributed by atoms with E-state index >= 15 is 0 Å². The molecule has 0 radical (unpaired) electrons. The van der Waals surface area contributed by atoms with E-state index in [1.165, 1.54) is 0 Å². The molecule has 2 rings (SSSR count). The molecular weight excluding hydrogens is 273 g/mol. The molecule has 2 heterocycles. The van der Waals surface area contributed by atoms with Crippen LogP contribution in [0.1, 0.15) is 18.5 Å². The third-order valence-electron chi connectivity index (χ3n) is 3.56. The largest absolute Gasteiger partial charge is 0.393 e. The summed E-state index contributed by atoms with van der Waals surface area (Å²) in [5, 5.41) is 9.34. The second-order valence-corrected chi connectivity index (χ2v) is 4.94. The predicted molar refractivity (Wildman–Crippen MR) is 65.6 cm³/mol. The number of nitrogens with zero attached hydrogens (tertiary/aromatic N) is 2. The monoisotopic (exact) mass is 290 g/mol. The molecule has 2 N–H and O–H groups in total. The van der Waals surface area contributed by atoms with Crippen molar-refractivity contribution < 1.29 is 18.0 Å². The number of aryl methyl sites for hydroxylation is 1. The van der Waals surface area contributed by atoms with Crippen molar-refractivity contribution >= 4 is 5.91 Å². The van der Waals surface area contributed by atoms with Crippen LogP contribution in [0, 0.1) is 5.92 Å². The maximum Gasteiger partial charge on any atom is 0.393 e. The number of piperidine rings is 1. The van der Waals surface area contributed by atoms with E-state index < -0.39 is 18.1 Å². The SMILES string of the molecule is Cn1nccc1CNC(=O)C1CCC(C(F)(F)F)CN1. The first-order valence-corrected chi connectivity index (χ1v) is 6.42. The van der Waals surface area contributed by atoms with Crippen molar-refractivity contribution in [3.05, 3.63) is 18.0 Å². The minimum Gasteiger partial charge on any atom is -0.349 e. The van der Waals surface area contributed by atoms with Gasteiger partial charge in [-0.05, 0) is 18.9 Å². The maximum absolute atomic E-state index is 12.5. The van der Waals surface area contributed by atoms with Crippen molar-refractivity contribution in [2.24, 2.45) is 13.0 Å². The first kappa shape index (κ1) is 14.8. The summed E-state index contributed by atoms with van der Waals surface area (Å²) in [5.41, 5.74) is 0.835. The molecule has 0 aliphatic carbocycles. The molecule has 2 unspecified atom stereocenters. The minimum absolute atomic E-state index is 0.0136. The normalized spacial score (nSPS) is 23.6. The lowest BCUT2D eigenvalue weighted by atomic mass is 9.94. The number of hydrogen-bond donors (Lipinski definition) is 2. The third kappa shape index (κ3) is 3.50. The highest BCUT2D eigenvalue weighted by atomic mass is 19.4. The zero-order valence-corrected chi connectivity index (χ0v) is 11.1. The third-order valence-corrected chi connectivity index (χ3v) is 3.56. The Hall–Kier alpha value is -1.57. The molecular formula is C12H17F3N4O. The van der Waals surface area contributed by atoms with E-state index in [1.54, 1.807) is 24.0 Å². The van der Waals surface area contributed by atoms with Crippen molar-refractivity contribution in [1.82, 2.24) is 20.4 Å². The van der Waals surface area contributed by atoms with Gasteiger partial charge in [-0.25, -0.2) is 0 Å². The Kier molecular flexibility index (Phi) is 4.32. The molecule has 0 saturated carbocycles. The lowest BCUT2D eigenvalue weighted by Crippen LogP contribution is -2.51. The van der Waals surface area contributed by atoms with Crippen LogP contribution < -0.4 is 10.6 Å². The molecule has 0 spiro atoms. The summed E-state index contributed by atoms with van der Waals surface area (Å²) < 4.78 is 39.1. The number of carbonyl (C=O) groups excluding carboxylic acids is 1. The fourth-order valence-corrected chi connectivity index (χ4v) is 2.24. The van der Waals surface area contributed by atoms with E-state index in [1.807, 2.05) is 0 Å².